The number of aliphatic carboxylic acids is 1. The van der Waals surface area contributed by atoms with Gasteiger partial charge in [-0.25, -0.2) is 27.2 Å². The summed E-state index contributed by atoms with van der Waals surface area (Å²) in [4.78, 5) is 36.6. The second kappa shape index (κ2) is 20.9. The number of hydrogen-bond donors (Lipinski definition) is 4. The van der Waals surface area contributed by atoms with Gasteiger partial charge in [0.05, 0.1) is 18.1 Å². The first-order chi connectivity index (χ1) is 28.2. The Labute approximate surface area is 349 Å². The summed E-state index contributed by atoms with van der Waals surface area (Å²) in [5.74, 6) is -3.28. The average Bonchev–Trinajstić information content (AvgIpc) is 3.87. The molecule has 0 saturated carbocycles. The standard InChI is InChI=1S/C21H22F2N2O.C16H13F2N.C10H19NO4/c1-13(2)20(24)21(26)25-12-15(17-11-16(22)8-9-18(17)23)10-19(25)14-6-4-3-5-7-14;17-13-6-7-15(18)14(9-13)12-8-16(19-10-12)11-4-2-1-3-5-11;1-6(2)7(8(12)13)11-9(14)15-10(3,4)5/h3-11,13,19-20H,12,24H2,1-2H3;1-9,16,19H,10H2;6-7H,1-5H3,(H,11,14)(H,12,13)/t19?,20-;;7-/m0.0/s1. The van der Waals surface area contributed by atoms with E-state index in [0.717, 1.165) is 34.9 Å². The molecular formula is C47H54F4N4O5. The van der Waals surface area contributed by atoms with E-state index in [1.165, 1.54) is 18.2 Å². The van der Waals surface area contributed by atoms with Gasteiger partial charge in [-0.1, -0.05) is 101 Å². The lowest BCUT2D eigenvalue weighted by atomic mass is 10.0. The predicted octanol–water partition coefficient (Wildman–Crippen LogP) is 9.23. The maximum Gasteiger partial charge on any atom is 0.408 e. The fourth-order valence-electron chi connectivity index (χ4n) is 6.44. The summed E-state index contributed by atoms with van der Waals surface area (Å²) in [7, 11) is 0. The molecule has 2 aliphatic rings. The summed E-state index contributed by atoms with van der Waals surface area (Å²) >= 11 is 0. The van der Waals surface area contributed by atoms with Crippen molar-refractivity contribution in [2.75, 3.05) is 13.1 Å². The summed E-state index contributed by atoms with van der Waals surface area (Å²) in [5, 5.41) is 14.4. The van der Waals surface area contributed by atoms with Crippen LogP contribution in [0.3, 0.4) is 0 Å². The molecule has 0 fully saturated rings. The van der Waals surface area contributed by atoms with E-state index in [1.54, 1.807) is 39.5 Å². The molecular weight excluding hydrogens is 777 g/mol. The molecule has 4 aromatic rings. The minimum atomic E-state index is -1.06. The minimum Gasteiger partial charge on any atom is -0.480 e. The van der Waals surface area contributed by atoms with Crippen molar-refractivity contribution < 1.29 is 41.8 Å². The molecule has 2 unspecified atom stereocenters. The van der Waals surface area contributed by atoms with E-state index >= 15 is 0 Å². The van der Waals surface area contributed by atoms with Crippen LogP contribution in [-0.4, -0.2) is 58.8 Å². The summed E-state index contributed by atoms with van der Waals surface area (Å²) in [5.41, 5.74) is 9.37. The van der Waals surface area contributed by atoms with Crippen LogP contribution in [0.4, 0.5) is 22.4 Å². The Hall–Kier alpha value is -5.79. The van der Waals surface area contributed by atoms with Gasteiger partial charge in [-0.3, -0.25) is 4.79 Å². The summed E-state index contributed by atoms with van der Waals surface area (Å²) in [6, 6.07) is 24.4. The first-order valence-corrected chi connectivity index (χ1v) is 19.7. The van der Waals surface area contributed by atoms with E-state index in [0.29, 0.717) is 17.7 Å². The van der Waals surface area contributed by atoms with Gasteiger partial charge in [0.2, 0.25) is 5.91 Å². The van der Waals surface area contributed by atoms with Gasteiger partial charge < -0.3 is 31.1 Å². The molecule has 13 heteroatoms. The fraction of sp³-hybridized carbons (Fsp3) is 0.340. The topological polar surface area (TPSA) is 134 Å². The smallest absolute Gasteiger partial charge is 0.408 e. The number of nitrogens with zero attached hydrogens (tertiary/aromatic N) is 1. The van der Waals surface area contributed by atoms with Crippen molar-refractivity contribution >= 4 is 29.1 Å². The average molecular weight is 831 g/mol. The zero-order valence-corrected chi connectivity index (χ0v) is 34.9. The Kier molecular flexibility index (Phi) is 16.4. The first kappa shape index (κ1) is 46.9. The van der Waals surface area contributed by atoms with Gasteiger partial charge in [-0.2, -0.15) is 0 Å². The molecule has 0 bridgehead atoms. The molecule has 6 rings (SSSR count). The number of ether oxygens (including phenoxy) is 1. The number of amides is 2. The number of benzene rings is 4. The molecule has 0 aromatic heterocycles. The molecule has 4 atom stereocenters. The van der Waals surface area contributed by atoms with Crippen molar-refractivity contribution in [3.8, 4) is 0 Å². The maximum absolute atomic E-state index is 14.2. The van der Waals surface area contributed by atoms with Crippen LogP contribution in [0, 0.1) is 35.1 Å². The lowest BCUT2D eigenvalue weighted by Crippen LogP contribution is -2.46. The highest BCUT2D eigenvalue weighted by Gasteiger charge is 2.35. The van der Waals surface area contributed by atoms with Crippen LogP contribution in [0.25, 0.3) is 11.1 Å². The molecule has 60 heavy (non-hydrogen) atoms. The van der Waals surface area contributed by atoms with Crippen LogP contribution in [0.2, 0.25) is 0 Å². The van der Waals surface area contributed by atoms with Crippen molar-refractivity contribution in [3.63, 3.8) is 0 Å². The van der Waals surface area contributed by atoms with Gasteiger partial charge in [0.1, 0.15) is 34.9 Å². The molecule has 0 spiro atoms. The normalized spacial score (nSPS) is 17.1. The second-order valence-corrected chi connectivity index (χ2v) is 16.2. The van der Waals surface area contributed by atoms with E-state index < -0.39 is 47.2 Å². The van der Waals surface area contributed by atoms with Crippen LogP contribution >= 0.6 is 0 Å². The molecule has 0 saturated heterocycles. The van der Waals surface area contributed by atoms with E-state index in [1.807, 2.05) is 86.7 Å². The molecule has 5 N–H and O–H groups in total. The number of carboxylic acids is 1. The zero-order chi connectivity index (χ0) is 44.3. The second-order valence-electron chi connectivity index (χ2n) is 16.2. The van der Waals surface area contributed by atoms with Crippen molar-refractivity contribution in [3.05, 3.63) is 155 Å². The number of hydrogen-bond acceptors (Lipinski definition) is 6. The number of rotatable bonds is 9. The lowest BCUT2D eigenvalue weighted by Gasteiger charge is -2.29. The molecule has 0 aliphatic carbocycles. The van der Waals surface area contributed by atoms with Crippen molar-refractivity contribution in [1.82, 2.24) is 15.5 Å². The van der Waals surface area contributed by atoms with Gasteiger partial charge in [0.25, 0.3) is 0 Å². The van der Waals surface area contributed by atoms with Gasteiger partial charge in [0.15, 0.2) is 0 Å². The number of halogens is 4. The first-order valence-electron chi connectivity index (χ1n) is 19.7. The number of carbonyl (C=O) groups is 3. The van der Waals surface area contributed by atoms with E-state index in [-0.39, 0.29) is 47.8 Å². The number of carboxylic acid groups (broad SMARTS) is 1. The Morgan fingerprint density at radius 3 is 1.77 bits per heavy atom. The van der Waals surface area contributed by atoms with E-state index in [4.69, 9.17) is 15.6 Å². The minimum absolute atomic E-state index is 0.0196. The van der Waals surface area contributed by atoms with Crippen molar-refractivity contribution in [2.24, 2.45) is 17.6 Å². The third kappa shape index (κ3) is 13.1. The Bertz CT molecular complexity index is 2160. The number of nitrogens with two attached hydrogens (primary N) is 1. The van der Waals surface area contributed by atoms with E-state index in [9.17, 15) is 31.9 Å². The van der Waals surface area contributed by atoms with Crippen molar-refractivity contribution in [1.29, 1.82) is 0 Å². The summed E-state index contributed by atoms with van der Waals surface area (Å²) in [6.45, 7) is 13.1. The summed E-state index contributed by atoms with van der Waals surface area (Å²) < 4.78 is 59.7. The molecule has 2 heterocycles. The number of carbonyl (C=O) groups excluding carboxylic acids is 2. The SMILES string of the molecule is CC(C)[C@H](N)C(=O)N1CC(c2cc(F)ccc2F)=CC1c1ccccc1.CC(C)[C@H](NC(=O)OC(C)(C)C)C(=O)O.Fc1ccc(F)c(C2=CC(c3ccccc3)NC2)c1. The van der Waals surface area contributed by atoms with Gasteiger partial charge >= 0.3 is 12.1 Å². The highest BCUT2D eigenvalue weighted by Crippen LogP contribution is 2.36. The molecule has 9 nitrogen and oxygen atoms in total. The lowest BCUT2D eigenvalue weighted by molar-refractivity contribution is -0.140. The van der Waals surface area contributed by atoms with Crippen LogP contribution < -0.4 is 16.4 Å². The van der Waals surface area contributed by atoms with Crippen LogP contribution in [-0.2, 0) is 14.3 Å². The molecule has 320 valence electrons. The van der Waals surface area contributed by atoms with Crippen LogP contribution in [0.5, 0.6) is 0 Å². The monoisotopic (exact) mass is 830 g/mol. The van der Waals surface area contributed by atoms with E-state index in [2.05, 4.69) is 10.6 Å². The third-order valence-corrected chi connectivity index (χ3v) is 9.66. The highest BCUT2D eigenvalue weighted by atomic mass is 19.1. The quantitative estimate of drug-likeness (QED) is 0.124. The van der Waals surface area contributed by atoms with Gasteiger partial charge in [-0.15, -0.1) is 0 Å². The fourth-order valence-corrected chi connectivity index (χ4v) is 6.44. The van der Waals surface area contributed by atoms with Gasteiger partial charge in [-0.05, 0) is 91.3 Å². The zero-order valence-electron chi connectivity index (χ0n) is 34.9. The Morgan fingerprint density at radius 1 is 0.767 bits per heavy atom. The highest BCUT2D eigenvalue weighted by molar-refractivity contribution is 5.87. The van der Waals surface area contributed by atoms with Gasteiger partial charge in [0, 0.05) is 24.2 Å². The maximum atomic E-state index is 14.2. The molecule has 2 aliphatic heterocycles. The van der Waals surface area contributed by atoms with Crippen LogP contribution in [0.15, 0.2) is 109 Å². The summed E-state index contributed by atoms with van der Waals surface area (Å²) in [6.07, 6.45) is 3.06. The third-order valence-electron chi connectivity index (χ3n) is 9.66. The number of alkyl carbamates (subject to hydrolysis) is 1. The van der Waals surface area contributed by atoms with Crippen LogP contribution in [0.1, 0.15) is 82.8 Å². The molecule has 2 amide bonds. The number of nitrogens with one attached hydrogen (secondary N) is 2. The Balaban J connectivity index is 0.000000208. The van der Waals surface area contributed by atoms with Crippen molar-refractivity contribution in [2.45, 2.75) is 78.2 Å². The predicted molar refractivity (Wildman–Crippen MR) is 225 cm³/mol. The molecule has 0 radical (unpaired) electrons. The Morgan fingerprint density at radius 2 is 1.28 bits per heavy atom. The largest absolute Gasteiger partial charge is 0.480 e. The molecule has 4 aromatic carbocycles.